The van der Waals surface area contributed by atoms with Crippen molar-refractivity contribution in [3.63, 3.8) is 0 Å². The van der Waals surface area contributed by atoms with Gasteiger partial charge in [-0.25, -0.2) is 0 Å². The fourth-order valence-corrected chi connectivity index (χ4v) is 2.93. The Kier molecular flexibility index (Phi) is 2.89. The van der Waals surface area contributed by atoms with E-state index in [9.17, 15) is 0 Å². The molecule has 2 rings (SSSR count). The van der Waals surface area contributed by atoms with Crippen LogP contribution < -0.4 is 5.32 Å². The Morgan fingerprint density at radius 2 is 1.85 bits per heavy atom. The number of piperidine rings is 1. The molecule has 1 N–H and O–H groups in total. The molecule has 2 aliphatic rings. The number of hydrogen-bond donors (Lipinski definition) is 1. The number of hydrogen-bond acceptors (Lipinski definition) is 2. The molecule has 2 fully saturated rings. The maximum absolute atomic E-state index is 3.34. The lowest BCUT2D eigenvalue weighted by Crippen LogP contribution is -2.46. The second kappa shape index (κ2) is 3.97. The summed E-state index contributed by atoms with van der Waals surface area (Å²) in [5, 5.41) is 3.34. The lowest BCUT2D eigenvalue weighted by Gasteiger charge is -2.36. The Balaban J connectivity index is 1.91. The number of nitrogens with zero attached hydrogens (tertiary/aromatic N) is 1. The highest BCUT2D eigenvalue weighted by molar-refractivity contribution is 4.92. The molecule has 0 saturated carbocycles. The van der Waals surface area contributed by atoms with E-state index < -0.39 is 0 Å². The maximum Gasteiger partial charge on any atom is 0.0163 e. The van der Waals surface area contributed by atoms with Crippen LogP contribution in [0.1, 0.15) is 39.0 Å². The van der Waals surface area contributed by atoms with Crippen LogP contribution in [0.4, 0.5) is 0 Å². The average molecular weight is 182 g/mol. The van der Waals surface area contributed by atoms with Crippen LogP contribution in [0.15, 0.2) is 0 Å². The SMILES string of the molecule is CN[C@@H](C)CN1C2CCCC1CC2. The van der Waals surface area contributed by atoms with E-state index in [0.29, 0.717) is 6.04 Å². The van der Waals surface area contributed by atoms with Crippen molar-refractivity contribution in [3.05, 3.63) is 0 Å². The molecule has 3 atom stereocenters. The van der Waals surface area contributed by atoms with Crippen molar-refractivity contribution in [2.45, 2.75) is 57.2 Å². The maximum atomic E-state index is 3.34. The van der Waals surface area contributed by atoms with Crippen molar-refractivity contribution in [2.24, 2.45) is 0 Å². The number of rotatable bonds is 3. The molecule has 0 aliphatic carbocycles. The molecular formula is C11H22N2. The molecule has 2 nitrogen and oxygen atoms in total. The largest absolute Gasteiger partial charge is 0.316 e. The van der Waals surface area contributed by atoms with E-state index in [2.05, 4.69) is 24.2 Å². The zero-order chi connectivity index (χ0) is 9.26. The Bertz CT molecular complexity index is 153. The predicted molar refractivity (Wildman–Crippen MR) is 55.9 cm³/mol. The predicted octanol–water partition coefficient (Wildman–Crippen LogP) is 1.61. The van der Waals surface area contributed by atoms with Crippen LogP contribution in [0.2, 0.25) is 0 Å². The first-order valence-electron chi connectivity index (χ1n) is 5.74. The van der Waals surface area contributed by atoms with E-state index in [0.717, 1.165) is 12.1 Å². The third kappa shape index (κ3) is 1.89. The van der Waals surface area contributed by atoms with Gasteiger partial charge < -0.3 is 5.32 Å². The normalized spacial score (nSPS) is 36.5. The Morgan fingerprint density at radius 3 is 2.38 bits per heavy atom. The van der Waals surface area contributed by atoms with Gasteiger partial charge in [-0.3, -0.25) is 4.90 Å². The zero-order valence-corrected chi connectivity index (χ0v) is 8.92. The van der Waals surface area contributed by atoms with Crippen LogP contribution >= 0.6 is 0 Å². The Hall–Kier alpha value is -0.0800. The molecule has 0 spiro atoms. The summed E-state index contributed by atoms with van der Waals surface area (Å²) < 4.78 is 0. The molecule has 2 aliphatic heterocycles. The van der Waals surface area contributed by atoms with E-state index in [1.54, 1.807) is 0 Å². The highest BCUT2D eigenvalue weighted by atomic mass is 15.2. The summed E-state index contributed by atoms with van der Waals surface area (Å²) in [6.45, 7) is 3.54. The smallest absolute Gasteiger partial charge is 0.0163 e. The van der Waals surface area contributed by atoms with Gasteiger partial charge in [-0.15, -0.1) is 0 Å². The lowest BCUT2D eigenvalue weighted by molar-refractivity contribution is 0.129. The summed E-state index contributed by atoms with van der Waals surface area (Å²) in [5.41, 5.74) is 0. The van der Waals surface area contributed by atoms with E-state index in [1.807, 2.05) is 0 Å². The standard InChI is InChI=1S/C11H22N2/c1-9(12-2)8-13-10-4-3-5-11(13)7-6-10/h9-12H,3-8H2,1-2H3/t9-,10?,11?/m0/s1. The molecule has 2 heteroatoms. The van der Waals surface area contributed by atoms with E-state index >= 15 is 0 Å². The van der Waals surface area contributed by atoms with Gasteiger partial charge in [0.1, 0.15) is 0 Å². The first-order valence-corrected chi connectivity index (χ1v) is 5.74. The first kappa shape index (κ1) is 9.47. The molecule has 0 aromatic carbocycles. The topological polar surface area (TPSA) is 15.3 Å². The molecule has 2 saturated heterocycles. The fourth-order valence-electron chi connectivity index (χ4n) is 2.93. The molecule has 0 radical (unpaired) electrons. The third-order valence-corrected chi connectivity index (χ3v) is 3.82. The molecule has 2 heterocycles. The van der Waals surface area contributed by atoms with Gasteiger partial charge >= 0.3 is 0 Å². The molecule has 13 heavy (non-hydrogen) atoms. The first-order chi connectivity index (χ1) is 6.31. The quantitative estimate of drug-likeness (QED) is 0.713. The summed E-state index contributed by atoms with van der Waals surface area (Å²) in [6.07, 6.45) is 7.29. The van der Waals surface area contributed by atoms with Crippen LogP contribution in [0.5, 0.6) is 0 Å². The lowest BCUT2D eigenvalue weighted by atomic mass is 10.0. The number of fused-ring (bicyclic) bond motifs is 2. The summed E-state index contributed by atoms with van der Waals surface area (Å²) in [7, 11) is 2.07. The summed E-state index contributed by atoms with van der Waals surface area (Å²) >= 11 is 0. The van der Waals surface area contributed by atoms with Gasteiger partial charge in [0.05, 0.1) is 0 Å². The van der Waals surface area contributed by atoms with Gasteiger partial charge in [0.2, 0.25) is 0 Å². The van der Waals surface area contributed by atoms with E-state index in [1.165, 1.54) is 38.6 Å². The summed E-state index contributed by atoms with van der Waals surface area (Å²) in [5.74, 6) is 0. The van der Waals surface area contributed by atoms with Gasteiger partial charge in [-0.1, -0.05) is 6.42 Å². The van der Waals surface area contributed by atoms with Crippen molar-refractivity contribution < 1.29 is 0 Å². The van der Waals surface area contributed by atoms with Crippen molar-refractivity contribution in [1.29, 1.82) is 0 Å². The van der Waals surface area contributed by atoms with Crippen LogP contribution in [0, 0.1) is 0 Å². The monoisotopic (exact) mass is 182 g/mol. The number of likely N-dealkylation sites (N-methyl/N-ethyl adjacent to an activating group) is 1. The molecule has 0 amide bonds. The summed E-state index contributed by atoms with van der Waals surface area (Å²) in [6, 6.07) is 2.50. The van der Waals surface area contributed by atoms with Crippen molar-refractivity contribution in [1.82, 2.24) is 10.2 Å². The molecule has 0 aromatic heterocycles. The van der Waals surface area contributed by atoms with Gasteiger partial charge in [-0.05, 0) is 39.7 Å². The Morgan fingerprint density at radius 1 is 1.23 bits per heavy atom. The molecule has 76 valence electrons. The fraction of sp³-hybridized carbons (Fsp3) is 1.00. The highest BCUT2D eigenvalue weighted by Gasteiger charge is 2.36. The molecule has 2 unspecified atom stereocenters. The summed E-state index contributed by atoms with van der Waals surface area (Å²) in [4.78, 5) is 2.75. The van der Waals surface area contributed by atoms with Crippen molar-refractivity contribution in [3.8, 4) is 0 Å². The van der Waals surface area contributed by atoms with Crippen LogP contribution in [0.25, 0.3) is 0 Å². The van der Waals surface area contributed by atoms with Crippen molar-refractivity contribution >= 4 is 0 Å². The minimum Gasteiger partial charge on any atom is -0.316 e. The van der Waals surface area contributed by atoms with Crippen molar-refractivity contribution in [2.75, 3.05) is 13.6 Å². The van der Waals surface area contributed by atoms with E-state index in [-0.39, 0.29) is 0 Å². The highest BCUT2D eigenvalue weighted by Crippen LogP contribution is 2.35. The Labute approximate surface area is 81.7 Å². The van der Waals surface area contributed by atoms with E-state index in [4.69, 9.17) is 0 Å². The molecule has 2 bridgehead atoms. The van der Waals surface area contributed by atoms with Crippen LogP contribution in [0.3, 0.4) is 0 Å². The van der Waals surface area contributed by atoms with Crippen LogP contribution in [-0.4, -0.2) is 36.6 Å². The third-order valence-electron chi connectivity index (χ3n) is 3.82. The van der Waals surface area contributed by atoms with Crippen LogP contribution in [-0.2, 0) is 0 Å². The average Bonchev–Trinajstić information content (AvgIpc) is 2.41. The molecule has 0 aromatic rings. The van der Waals surface area contributed by atoms with Gasteiger partial charge in [0.25, 0.3) is 0 Å². The zero-order valence-electron chi connectivity index (χ0n) is 8.92. The van der Waals surface area contributed by atoms with Gasteiger partial charge in [0, 0.05) is 24.7 Å². The second-order valence-electron chi connectivity index (χ2n) is 4.70. The minimum atomic E-state index is 0.654. The second-order valence-corrected chi connectivity index (χ2v) is 4.70. The number of nitrogens with one attached hydrogen (secondary N) is 1. The molecular weight excluding hydrogens is 160 g/mol. The van der Waals surface area contributed by atoms with Gasteiger partial charge in [-0.2, -0.15) is 0 Å². The van der Waals surface area contributed by atoms with Gasteiger partial charge in [0.15, 0.2) is 0 Å². The minimum absolute atomic E-state index is 0.654.